The number of aliphatic carboxylic acids is 1. The number of carboxylic acid groups (broad SMARTS) is 1. The average Bonchev–Trinajstić information content (AvgIpc) is 3.32. The second kappa shape index (κ2) is 8.50. The number of tetrazole rings is 1. The number of carbonyl (C=O) groups is 4. The molecule has 1 saturated carbocycles. The van der Waals surface area contributed by atoms with Crippen molar-refractivity contribution in [2.75, 3.05) is 12.5 Å². The van der Waals surface area contributed by atoms with Crippen LogP contribution in [0.5, 0.6) is 0 Å². The van der Waals surface area contributed by atoms with E-state index in [1.807, 2.05) is 0 Å². The van der Waals surface area contributed by atoms with E-state index in [1.165, 1.54) is 9.58 Å². The average molecular weight is 457 g/mol. The van der Waals surface area contributed by atoms with Gasteiger partial charge in [-0.15, -0.1) is 5.10 Å². The van der Waals surface area contributed by atoms with Crippen LogP contribution in [0.2, 0.25) is 0 Å². The van der Waals surface area contributed by atoms with E-state index in [4.69, 9.17) is 4.74 Å². The van der Waals surface area contributed by atoms with Gasteiger partial charge in [0.1, 0.15) is 25.4 Å². The molecule has 15 heteroatoms. The Bertz CT molecular complexity index is 981. The minimum Gasteiger partial charge on any atom is -0.543 e. The van der Waals surface area contributed by atoms with Gasteiger partial charge in [0.05, 0.1) is 17.7 Å². The van der Waals surface area contributed by atoms with Crippen LogP contribution in [-0.2, 0) is 30.5 Å². The number of nitrogens with zero attached hydrogens (tertiary/aromatic N) is 6. The third-order valence-corrected chi connectivity index (χ3v) is 6.50. The van der Waals surface area contributed by atoms with Gasteiger partial charge in [-0.2, -0.15) is 0 Å². The maximum absolute atomic E-state index is 12.4. The molecule has 13 nitrogen and oxygen atoms in total. The van der Waals surface area contributed by atoms with E-state index in [0.29, 0.717) is 17.1 Å². The number of ether oxygens (including phenoxy) is 1. The smallest absolute Gasteiger partial charge is 0.543 e. The van der Waals surface area contributed by atoms with Gasteiger partial charge in [0.25, 0.3) is 5.91 Å². The molecule has 3 aliphatic heterocycles. The molecule has 1 N–H and O–H groups in total. The van der Waals surface area contributed by atoms with Crippen molar-refractivity contribution in [2.24, 2.45) is 0 Å². The summed E-state index contributed by atoms with van der Waals surface area (Å²) < 4.78 is 7.01. The Morgan fingerprint density at radius 1 is 1.35 bits per heavy atom. The molecule has 1 aromatic rings. The number of rotatable bonds is 8. The van der Waals surface area contributed by atoms with Gasteiger partial charge in [-0.1, -0.05) is 11.8 Å². The summed E-state index contributed by atoms with van der Waals surface area (Å²) in [6, 6.07) is -1.11. The SMILES string of the molecule is O=CN1COC2C(CSc3nnnn3CC(=O)NC3CC3)=C(C(=O)[O-])N3C(=O)[C@@H]1[C@@H]23.[Na+]. The summed E-state index contributed by atoms with van der Waals surface area (Å²) in [5.74, 6) is -2.05. The van der Waals surface area contributed by atoms with Crippen molar-refractivity contribution in [1.29, 1.82) is 0 Å². The van der Waals surface area contributed by atoms with Crippen molar-refractivity contribution in [2.45, 2.75) is 48.8 Å². The Kier molecular flexibility index (Phi) is 6.09. The van der Waals surface area contributed by atoms with E-state index in [2.05, 4.69) is 20.8 Å². The van der Waals surface area contributed by atoms with Crippen molar-refractivity contribution < 1.29 is 58.6 Å². The van der Waals surface area contributed by atoms with Crippen LogP contribution in [-0.4, -0.2) is 90.9 Å². The molecule has 31 heavy (non-hydrogen) atoms. The van der Waals surface area contributed by atoms with Crippen LogP contribution in [0.15, 0.2) is 16.4 Å². The molecule has 1 aliphatic carbocycles. The molecule has 4 heterocycles. The van der Waals surface area contributed by atoms with Crippen molar-refractivity contribution >= 4 is 36.0 Å². The third kappa shape index (κ3) is 3.75. The summed E-state index contributed by atoms with van der Waals surface area (Å²) in [5, 5.41) is 26.2. The Balaban J connectivity index is 0.00000231. The zero-order valence-electron chi connectivity index (χ0n) is 16.5. The van der Waals surface area contributed by atoms with Crippen molar-refractivity contribution in [3.63, 3.8) is 0 Å². The first-order chi connectivity index (χ1) is 14.5. The zero-order valence-corrected chi connectivity index (χ0v) is 19.3. The monoisotopic (exact) mass is 457 g/mol. The van der Waals surface area contributed by atoms with Crippen LogP contribution in [0.3, 0.4) is 0 Å². The summed E-state index contributed by atoms with van der Waals surface area (Å²) >= 11 is 1.13. The van der Waals surface area contributed by atoms with Gasteiger partial charge >= 0.3 is 29.6 Å². The van der Waals surface area contributed by atoms with E-state index < -0.39 is 30.1 Å². The number of aromatic nitrogens is 4. The van der Waals surface area contributed by atoms with E-state index >= 15 is 0 Å². The van der Waals surface area contributed by atoms with Gasteiger partial charge in [0.2, 0.25) is 17.5 Å². The molecule has 5 rings (SSSR count). The number of hydrogen-bond acceptors (Lipinski definition) is 10. The van der Waals surface area contributed by atoms with Crippen LogP contribution in [0.1, 0.15) is 12.8 Å². The molecular formula is C16H16N7NaO6S. The van der Waals surface area contributed by atoms with E-state index in [1.54, 1.807) is 0 Å². The molecular weight excluding hydrogens is 441 g/mol. The fourth-order valence-corrected chi connectivity index (χ4v) is 4.92. The summed E-state index contributed by atoms with van der Waals surface area (Å²) in [6.07, 6.45) is 1.78. The number of carboxylic acids is 1. The number of β-lactam (4-membered cyclic amide) rings is 1. The van der Waals surface area contributed by atoms with Gasteiger partial charge in [0, 0.05) is 11.8 Å². The van der Waals surface area contributed by atoms with E-state index in [9.17, 15) is 24.3 Å². The largest absolute Gasteiger partial charge is 1.00 e. The van der Waals surface area contributed by atoms with Crippen molar-refractivity contribution in [1.82, 2.24) is 35.3 Å². The Morgan fingerprint density at radius 3 is 2.81 bits per heavy atom. The summed E-state index contributed by atoms with van der Waals surface area (Å²) in [7, 11) is 0. The number of hydrogen-bond donors (Lipinski definition) is 1. The molecule has 3 amide bonds. The van der Waals surface area contributed by atoms with Crippen LogP contribution in [0.4, 0.5) is 0 Å². The van der Waals surface area contributed by atoms with Crippen molar-refractivity contribution in [3.8, 4) is 0 Å². The van der Waals surface area contributed by atoms with Gasteiger partial charge < -0.3 is 24.9 Å². The van der Waals surface area contributed by atoms with Gasteiger partial charge in [-0.3, -0.25) is 19.3 Å². The predicted octanol–water partition coefficient (Wildman–Crippen LogP) is -6.54. The van der Waals surface area contributed by atoms with E-state index in [0.717, 1.165) is 29.5 Å². The molecule has 158 valence electrons. The predicted molar refractivity (Wildman–Crippen MR) is 93.8 cm³/mol. The van der Waals surface area contributed by atoms with Gasteiger partial charge in [-0.05, 0) is 28.8 Å². The van der Waals surface area contributed by atoms with Gasteiger partial charge in [0.15, 0.2) is 0 Å². The molecule has 1 unspecified atom stereocenters. The quantitative estimate of drug-likeness (QED) is 0.172. The summed E-state index contributed by atoms with van der Waals surface area (Å²) in [6.45, 7) is -0.162. The van der Waals surface area contributed by atoms with Crippen LogP contribution >= 0.6 is 11.8 Å². The first-order valence-corrected chi connectivity index (χ1v) is 10.3. The Hall–Kier alpha value is -2.00. The number of amides is 3. The minimum absolute atomic E-state index is 0. The summed E-state index contributed by atoms with van der Waals surface area (Å²) in [5.41, 5.74) is 0.125. The third-order valence-electron chi connectivity index (χ3n) is 5.49. The molecule has 0 bridgehead atoms. The maximum atomic E-state index is 12.4. The number of nitrogens with one attached hydrogen (secondary N) is 1. The first-order valence-electron chi connectivity index (χ1n) is 9.28. The molecule has 0 radical (unpaired) electrons. The Morgan fingerprint density at radius 2 is 2.13 bits per heavy atom. The molecule has 0 aromatic carbocycles. The molecule has 3 fully saturated rings. The molecule has 0 spiro atoms. The molecule has 4 aliphatic rings. The summed E-state index contributed by atoms with van der Waals surface area (Å²) in [4.78, 5) is 49.7. The van der Waals surface area contributed by atoms with Crippen LogP contribution in [0.25, 0.3) is 0 Å². The van der Waals surface area contributed by atoms with E-state index in [-0.39, 0.29) is 66.2 Å². The molecule has 2 saturated heterocycles. The second-order valence-electron chi connectivity index (χ2n) is 7.39. The fraction of sp³-hybridized carbons (Fsp3) is 0.562. The number of thioether (sulfide) groups is 1. The van der Waals surface area contributed by atoms with Crippen LogP contribution < -0.4 is 40.0 Å². The van der Waals surface area contributed by atoms with Gasteiger partial charge in [-0.25, -0.2) is 4.68 Å². The minimum atomic E-state index is -1.49. The second-order valence-corrected chi connectivity index (χ2v) is 8.33. The maximum Gasteiger partial charge on any atom is 1.00 e. The molecule has 3 atom stereocenters. The first kappa shape index (κ1) is 22.2. The standard InChI is InChI=1S/C16H17N7O6S.Na/c24-5-21-6-29-13-8(10(15(27)28)23-11(13)12(21)14(23)26)4-30-16-18-19-20-22(16)3-9(25)17-7-1-2-7;/h5,7,11-13H,1-4,6H2,(H,17,25)(H,27,28);/q;+1/p-1/t11-,12-,13?;/m0./s1. The Labute approximate surface area is 201 Å². The van der Waals surface area contributed by atoms with Crippen LogP contribution in [0, 0.1) is 0 Å². The fourth-order valence-electron chi connectivity index (χ4n) is 3.99. The van der Waals surface area contributed by atoms with Crippen molar-refractivity contribution in [3.05, 3.63) is 11.3 Å². The zero-order chi connectivity index (χ0) is 21.0. The number of carbonyl (C=O) groups excluding carboxylic acids is 4. The molecule has 1 aromatic heterocycles. The topological polar surface area (TPSA) is 163 Å². The normalized spacial score (nSPS) is 26.2.